The molecule has 0 aliphatic carbocycles. The van der Waals surface area contributed by atoms with E-state index >= 15 is 0 Å². The number of thiazole rings is 1. The van der Waals surface area contributed by atoms with Crippen molar-refractivity contribution in [3.8, 4) is 11.4 Å². The Hall–Kier alpha value is -4.17. The molecule has 1 amide bonds. The van der Waals surface area contributed by atoms with Gasteiger partial charge in [0.1, 0.15) is 0 Å². The number of benzene rings is 2. The van der Waals surface area contributed by atoms with E-state index in [9.17, 15) is 9.59 Å². The van der Waals surface area contributed by atoms with Crippen LogP contribution >= 0.6 is 11.3 Å². The molecule has 7 nitrogen and oxygen atoms in total. The molecule has 3 heterocycles. The zero-order valence-electron chi connectivity index (χ0n) is 18.5. The number of ether oxygens (including phenoxy) is 1. The van der Waals surface area contributed by atoms with Crippen molar-refractivity contribution in [2.45, 2.75) is 13.8 Å². The summed E-state index contributed by atoms with van der Waals surface area (Å²) in [5.74, 6) is -1.06. The number of rotatable bonds is 5. The van der Waals surface area contributed by atoms with Crippen LogP contribution in [-0.2, 0) is 9.53 Å². The quantitative estimate of drug-likeness (QED) is 0.351. The second-order valence-electron chi connectivity index (χ2n) is 7.86. The maximum Gasteiger partial charge on any atom is 0.339 e. The van der Waals surface area contributed by atoms with Gasteiger partial charge in [0, 0.05) is 11.6 Å². The van der Waals surface area contributed by atoms with Gasteiger partial charge in [0.25, 0.3) is 5.91 Å². The predicted molar refractivity (Wildman–Crippen MR) is 133 cm³/mol. The number of aryl methyl sites for hydroxylation is 2. The molecule has 1 N–H and O–H groups in total. The van der Waals surface area contributed by atoms with E-state index < -0.39 is 18.5 Å². The maximum atomic E-state index is 13.0. The molecule has 0 bridgehead atoms. The Kier molecular flexibility index (Phi) is 5.73. The molecule has 0 spiro atoms. The number of nitrogens with zero attached hydrogens (tertiary/aromatic N) is 3. The van der Waals surface area contributed by atoms with E-state index in [-0.39, 0.29) is 0 Å². The molecule has 0 saturated carbocycles. The smallest absolute Gasteiger partial charge is 0.339 e. The summed E-state index contributed by atoms with van der Waals surface area (Å²) in [6.07, 6.45) is 1.67. The summed E-state index contributed by atoms with van der Waals surface area (Å²) in [5.41, 5.74) is 5.19. The third kappa shape index (κ3) is 4.35. The number of hydrogen-bond donors (Lipinski definition) is 1. The molecule has 0 aliphatic rings. The first-order valence-electron chi connectivity index (χ1n) is 10.6. The van der Waals surface area contributed by atoms with Crippen LogP contribution in [0.1, 0.15) is 21.5 Å². The van der Waals surface area contributed by atoms with Gasteiger partial charge in [-0.15, -0.1) is 0 Å². The van der Waals surface area contributed by atoms with E-state index in [2.05, 4.69) is 20.3 Å². The first-order chi connectivity index (χ1) is 16.5. The Bertz CT molecular complexity index is 1550. The summed E-state index contributed by atoms with van der Waals surface area (Å²) in [6.45, 7) is 3.58. The first-order valence-corrected chi connectivity index (χ1v) is 11.5. The summed E-state index contributed by atoms with van der Waals surface area (Å²) in [7, 11) is 0. The van der Waals surface area contributed by atoms with Gasteiger partial charge in [0.15, 0.2) is 11.7 Å². The fraction of sp³-hybridized carbons (Fsp3) is 0.115. The number of esters is 1. The Labute approximate surface area is 199 Å². The van der Waals surface area contributed by atoms with Gasteiger partial charge in [-0.25, -0.2) is 14.8 Å². The van der Waals surface area contributed by atoms with Crippen LogP contribution < -0.4 is 5.32 Å². The van der Waals surface area contributed by atoms with Crippen LogP contribution in [0.3, 0.4) is 0 Å². The fourth-order valence-corrected chi connectivity index (χ4v) is 4.84. The average Bonchev–Trinajstić information content (AvgIpc) is 3.25. The molecule has 2 aromatic carbocycles. The van der Waals surface area contributed by atoms with Crippen molar-refractivity contribution in [2.24, 2.45) is 0 Å². The highest BCUT2D eigenvalue weighted by Crippen LogP contribution is 2.29. The number of para-hydroxylation sites is 1. The molecule has 0 radical (unpaired) electrons. The van der Waals surface area contributed by atoms with Crippen LogP contribution in [0.15, 0.2) is 66.9 Å². The van der Waals surface area contributed by atoms with Gasteiger partial charge in [0.05, 0.1) is 32.7 Å². The summed E-state index contributed by atoms with van der Waals surface area (Å²) >= 11 is 1.39. The molecule has 0 saturated heterocycles. The lowest BCUT2D eigenvalue weighted by molar-refractivity contribution is -0.119. The molecule has 0 aliphatic heterocycles. The first kappa shape index (κ1) is 21.7. The number of pyridine rings is 2. The zero-order valence-corrected chi connectivity index (χ0v) is 19.3. The maximum absolute atomic E-state index is 13.0. The van der Waals surface area contributed by atoms with Crippen molar-refractivity contribution in [2.75, 3.05) is 11.9 Å². The molecule has 5 rings (SSSR count). The highest BCUT2D eigenvalue weighted by molar-refractivity contribution is 7.22. The lowest BCUT2D eigenvalue weighted by Crippen LogP contribution is -2.21. The Balaban J connectivity index is 1.35. The normalized spacial score (nSPS) is 11.0. The van der Waals surface area contributed by atoms with Gasteiger partial charge >= 0.3 is 5.97 Å². The minimum atomic E-state index is -0.610. The zero-order chi connectivity index (χ0) is 23.7. The molecule has 34 heavy (non-hydrogen) atoms. The van der Waals surface area contributed by atoms with Gasteiger partial charge in [-0.05, 0) is 55.3 Å². The van der Waals surface area contributed by atoms with E-state index in [4.69, 9.17) is 4.74 Å². The van der Waals surface area contributed by atoms with Crippen molar-refractivity contribution in [3.05, 3.63) is 83.6 Å². The highest BCUT2D eigenvalue weighted by atomic mass is 32.1. The molecular formula is C26H20N4O3S. The molecule has 5 aromatic rings. The molecule has 168 valence electrons. The monoisotopic (exact) mass is 468 g/mol. The lowest BCUT2D eigenvalue weighted by atomic mass is 10.1. The van der Waals surface area contributed by atoms with Crippen molar-refractivity contribution >= 4 is 49.5 Å². The van der Waals surface area contributed by atoms with Crippen molar-refractivity contribution in [3.63, 3.8) is 0 Å². The average molecular weight is 469 g/mol. The van der Waals surface area contributed by atoms with Gasteiger partial charge in [-0.3, -0.25) is 15.1 Å². The van der Waals surface area contributed by atoms with Crippen LogP contribution in [0, 0.1) is 13.8 Å². The summed E-state index contributed by atoms with van der Waals surface area (Å²) < 4.78 is 6.35. The number of carbonyl (C=O) groups excluding carboxylic acids is 2. The molecule has 0 unspecified atom stereocenters. The fourth-order valence-electron chi connectivity index (χ4n) is 3.78. The van der Waals surface area contributed by atoms with Gasteiger partial charge in [-0.2, -0.15) is 0 Å². The van der Waals surface area contributed by atoms with Gasteiger partial charge in [0.2, 0.25) is 0 Å². The van der Waals surface area contributed by atoms with Crippen LogP contribution in [0.4, 0.5) is 5.13 Å². The minimum absolute atomic E-state index is 0.324. The third-order valence-corrected chi connectivity index (χ3v) is 6.19. The number of aromatic nitrogens is 3. The Morgan fingerprint density at radius 2 is 1.79 bits per heavy atom. The van der Waals surface area contributed by atoms with Crippen molar-refractivity contribution in [1.82, 2.24) is 15.0 Å². The molecule has 8 heteroatoms. The van der Waals surface area contributed by atoms with Crippen LogP contribution in [0.25, 0.3) is 32.5 Å². The SMILES string of the molecule is Cc1cc(C)c2nc(NC(=O)COC(=O)c3cc(-c4ccccn4)nc4ccccc34)sc2c1. The molecule has 0 fully saturated rings. The van der Waals surface area contributed by atoms with E-state index in [1.165, 1.54) is 11.3 Å². The minimum Gasteiger partial charge on any atom is -0.452 e. The number of anilines is 1. The molecular weight excluding hydrogens is 448 g/mol. The number of nitrogens with one attached hydrogen (secondary N) is 1. The number of carbonyl (C=O) groups is 2. The largest absolute Gasteiger partial charge is 0.452 e. The molecule has 0 atom stereocenters. The van der Waals surface area contributed by atoms with Crippen LogP contribution in [0.5, 0.6) is 0 Å². The van der Waals surface area contributed by atoms with Crippen molar-refractivity contribution in [1.29, 1.82) is 0 Å². The van der Waals surface area contributed by atoms with Crippen LogP contribution in [-0.4, -0.2) is 33.4 Å². The summed E-state index contributed by atoms with van der Waals surface area (Å²) in [6, 6.07) is 18.5. The second kappa shape index (κ2) is 8.99. The number of fused-ring (bicyclic) bond motifs is 2. The highest BCUT2D eigenvalue weighted by Gasteiger charge is 2.18. The van der Waals surface area contributed by atoms with E-state index in [1.54, 1.807) is 18.3 Å². The predicted octanol–water partition coefficient (Wildman–Crippen LogP) is 5.32. The van der Waals surface area contributed by atoms with Gasteiger partial charge in [-0.1, -0.05) is 41.7 Å². The summed E-state index contributed by atoms with van der Waals surface area (Å²) in [5, 5.41) is 3.84. The van der Waals surface area contributed by atoms with Crippen molar-refractivity contribution < 1.29 is 14.3 Å². The van der Waals surface area contributed by atoms with E-state index in [1.807, 2.05) is 62.4 Å². The van der Waals surface area contributed by atoms with E-state index in [0.29, 0.717) is 33.0 Å². The Morgan fingerprint density at radius 1 is 0.971 bits per heavy atom. The standard InChI is InChI=1S/C26H20N4O3S/c1-15-11-16(2)24-22(12-15)34-26(30-24)29-23(31)14-33-25(32)18-13-21(20-9-5-6-10-27-20)28-19-8-4-3-7-17(18)19/h3-13H,14H2,1-2H3,(H,29,30,31). The summed E-state index contributed by atoms with van der Waals surface area (Å²) in [4.78, 5) is 38.9. The van der Waals surface area contributed by atoms with Gasteiger partial charge < -0.3 is 4.74 Å². The lowest BCUT2D eigenvalue weighted by Gasteiger charge is -2.09. The second-order valence-corrected chi connectivity index (χ2v) is 8.89. The third-order valence-electron chi connectivity index (χ3n) is 5.27. The number of hydrogen-bond acceptors (Lipinski definition) is 7. The molecule has 3 aromatic heterocycles. The van der Waals surface area contributed by atoms with E-state index in [0.717, 1.165) is 21.3 Å². The Morgan fingerprint density at radius 3 is 2.62 bits per heavy atom. The number of amides is 1. The topological polar surface area (TPSA) is 94.1 Å². The van der Waals surface area contributed by atoms with Crippen LogP contribution in [0.2, 0.25) is 0 Å².